The van der Waals surface area contributed by atoms with E-state index in [4.69, 9.17) is 10.5 Å². The molecule has 0 heterocycles. The van der Waals surface area contributed by atoms with Crippen molar-refractivity contribution in [3.8, 4) is 5.75 Å². The van der Waals surface area contributed by atoms with E-state index in [1.54, 1.807) is 13.8 Å². The fraction of sp³-hybridized carbons (Fsp3) is 0.462. The van der Waals surface area contributed by atoms with Crippen molar-refractivity contribution in [2.45, 2.75) is 37.5 Å². The lowest BCUT2D eigenvalue weighted by atomic mass is 9.54. The first kappa shape index (κ1) is 28.1. The summed E-state index contributed by atoms with van der Waals surface area (Å²) in [4.78, 5) is 52.3. The van der Waals surface area contributed by atoms with E-state index in [-0.39, 0.29) is 24.4 Å². The third-order valence-corrected chi connectivity index (χ3v) is 7.86. The number of carbonyl (C=O) groups excluding carboxylic acids is 4. The Morgan fingerprint density at radius 2 is 1.82 bits per heavy atom. The number of likely N-dealkylation sites (N-methyl/N-ethyl adjacent to an activating group) is 1. The van der Waals surface area contributed by atoms with Gasteiger partial charge in [-0.3, -0.25) is 24.1 Å². The zero-order valence-electron chi connectivity index (χ0n) is 21.8. The summed E-state index contributed by atoms with van der Waals surface area (Å²) in [5.74, 6) is -10.3. The van der Waals surface area contributed by atoms with Crippen molar-refractivity contribution in [1.82, 2.24) is 4.90 Å². The van der Waals surface area contributed by atoms with Gasteiger partial charge in [-0.2, -0.15) is 0 Å². The molecule has 1 aromatic carbocycles. The van der Waals surface area contributed by atoms with E-state index in [0.29, 0.717) is 5.56 Å². The fourth-order valence-electron chi connectivity index (χ4n) is 6.14. The van der Waals surface area contributed by atoms with Gasteiger partial charge in [0.1, 0.15) is 29.4 Å². The van der Waals surface area contributed by atoms with Gasteiger partial charge in [0, 0.05) is 11.5 Å². The molecule has 1 saturated carbocycles. The Kier molecular flexibility index (Phi) is 6.96. The van der Waals surface area contributed by atoms with Crippen LogP contribution in [0, 0.1) is 11.8 Å². The van der Waals surface area contributed by atoms with Crippen LogP contribution in [0.2, 0.25) is 0 Å². The average Bonchev–Trinajstić information content (AvgIpc) is 2.85. The van der Waals surface area contributed by atoms with Gasteiger partial charge in [-0.25, -0.2) is 0 Å². The van der Waals surface area contributed by atoms with Crippen LogP contribution < -0.4 is 11.1 Å². The Hall–Kier alpha value is -3.94. The third kappa shape index (κ3) is 3.87. The zero-order chi connectivity index (χ0) is 29.1. The maximum absolute atomic E-state index is 14.0. The van der Waals surface area contributed by atoms with E-state index in [2.05, 4.69) is 5.32 Å². The highest BCUT2D eigenvalue weighted by Crippen LogP contribution is 2.56. The number of nitrogens with one attached hydrogen (secondary N) is 1. The summed E-state index contributed by atoms with van der Waals surface area (Å²) in [5.41, 5.74) is 1.04. The number of carbonyl (C=O) groups is 4. The lowest BCUT2D eigenvalue weighted by Crippen LogP contribution is -2.70. The SMILES string of the molecule is CCOC(=O)CNc1ccc2c(c1O)C(O)=C1C(=O)[C@@]3(O)C(O)=C(C(N)=O)C(=O)[C@@H](N(C)C)[C@H]3[C@H](O)[C@H]1[C@@H]2C. The van der Waals surface area contributed by atoms with Crippen LogP contribution in [-0.4, -0.2) is 98.9 Å². The topological polar surface area (TPSA) is 220 Å². The molecular weight excluding hydrogens is 514 g/mol. The van der Waals surface area contributed by atoms with Crippen LogP contribution in [0.4, 0.5) is 5.69 Å². The number of aromatic hydroxyl groups is 1. The number of nitrogens with two attached hydrogens (primary N) is 1. The number of Topliss-reactive ketones (excluding diaryl/α,β-unsaturated/α-hetero) is 2. The van der Waals surface area contributed by atoms with E-state index in [1.807, 2.05) is 0 Å². The van der Waals surface area contributed by atoms with Crippen LogP contribution in [0.3, 0.4) is 0 Å². The second-order valence-corrected chi connectivity index (χ2v) is 10.1. The van der Waals surface area contributed by atoms with Gasteiger partial charge in [0.05, 0.1) is 35.9 Å². The summed E-state index contributed by atoms with van der Waals surface area (Å²) >= 11 is 0. The van der Waals surface area contributed by atoms with Crippen LogP contribution in [0.25, 0.3) is 5.76 Å². The number of hydrogen-bond acceptors (Lipinski definition) is 12. The summed E-state index contributed by atoms with van der Waals surface area (Å²) in [7, 11) is 2.87. The molecule has 0 saturated heterocycles. The Bertz CT molecular complexity index is 1350. The number of phenols is 1. The predicted octanol–water partition coefficient (Wildman–Crippen LogP) is -0.529. The summed E-state index contributed by atoms with van der Waals surface area (Å²) in [6.07, 6.45) is -1.68. The van der Waals surface area contributed by atoms with Gasteiger partial charge < -0.3 is 41.3 Å². The summed E-state index contributed by atoms with van der Waals surface area (Å²) < 4.78 is 4.85. The minimum absolute atomic E-state index is 0.0368. The van der Waals surface area contributed by atoms with Crippen molar-refractivity contribution in [1.29, 1.82) is 0 Å². The summed E-state index contributed by atoms with van der Waals surface area (Å²) in [5, 5.41) is 59.2. The number of anilines is 1. The molecular formula is C26H31N3O10. The van der Waals surface area contributed by atoms with Gasteiger partial charge in [-0.1, -0.05) is 13.0 Å². The highest BCUT2D eigenvalue weighted by atomic mass is 16.5. The smallest absolute Gasteiger partial charge is 0.325 e. The van der Waals surface area contributed by atoms with Gasteiger partial charge in [-0.15, -0.1) is 0 Å². The van der Waals surface area contributed by atoms with E-state index >= 15 is 0 Å². The predicted molar refractivity (Wildman–Crippen MR) is 135 cm³/mol. The molecule has 0 bridgehead atoms. The van der Waals surface area contributed by atoms with Crippen LogP contribution in [-0.2, 0) is 23.9 Å². The van der Waals surface area contributed by atoms with Crippen LogP contribution in [0.15, 0.2) is 29.0 Å². The monoisotopic (exact) mass is 545 g/mol. The van der Waals surface area contributed by atoms with Crippen LogP contribution in [0.1, 0.15) is 30.9 Å². The molecule has 0 aliphatic heterocycles. The zero-order valence-corrected chi connectivity index (χ0v) is 21.8. The van der Waals surface area contributed by atoms with E-state index in [0.717, 1.165) is 0 Å². The lowest BCUT2D eigenvalue weighted by molar-refractivity contribution is -0.169. The largest absolute Gasteiger partial charge is 0.508 e. The fourth-order valence-corrected chi connectivity index (χ4v) is 6.14. The number of aliphatic hydroxyl groups excluding tert-OH is 3. The lowest BCUT2D eigenvalue weighted by Gasteiger charge is -2.53. The highest BCUT2D eigenvalue weighted by Gasteiger charge is 2.68. The maximum Gasteiger partial charge on any atom is 0.325 e. The van der Waals surface area contributed by atoms with Crippen molar-refractivity contribution in [2.75, 3.05) is 32.6 Å². The molecule has 39 heavy (non-hydrogen) atoms. The quantitative estimate of drug-likeness (QED) is 0.136. The molecule has 13 nitrogen and oxygen atoms in total. The second-order valence-electron chi connectivity index (χ2n) is 10.1. The summed E-state index contributed by atoms with van der Waals surface area (Å²) in [6.45, 7) is 3.10. The van der Waals surface area contributed by atoms with Crippen molar-refractivity contribution >= 4 is 34.9 Å². The van der Waals surface area contributed by atoms with E-state index in [1.165, 1.54) is 31.1 Å². The number of primary amides is 1. The highest BCUT2D eigenvalue weighted by molar-refractivity contribution is 6.24. The first-order valence-electron chi connectivity index (χ1n) is 12.3. The normalized spacial score (nSPS) is 30.1. The average molecular weight is 546 g/mol. The number of amides is 1. The number of fused-ring (bicyclic) bond motifs is 3. The Morgan fingerprint density at radius 3 is 2.38 bits per heavy atom. The number of rotatable bonds is 6. The van der Waals surface area contributed by atoms with E-state index < -0.39 is 87.4 Å². The number of aliphatic hydroxyl groups is 4. The molecule has 0 unspecified atom stereocenters. The summed E-state index contributed by atoms with van der Waals surface area (Å²) in [6, 6.07) is 1.57. The van der Waals surface area contributed by atoms with Gasteiger partial charge in [0.15, 0.2) is 11.4 Å². The first-order chi connectivity index (χ1) is 18.2. The minimum Gasteiger partial charge on any atom is -0.508 e. The van der Waals surface area contributed by atoms with Crippen molar-refractivity contribution in [2.24, 2.45) is 17.6 Å². The van der Waals surface area contributed by atoms with Crippen LogP contribution in [0.5, 0.6) is 5.75 Å². The van der Waals surface area contributed by atoms with Crippen molar-refractivity contribution < 1.29 is 49.4 Å². The Morgan fingerprint density at radius 1 is 1.18 bits per heavy atom. The Labute approximate surface area is 223 Å². The molecule has 0 spiro atoms. The Balaban J connectivity index is 1.92. The molecule has 0 radical (unpaired) electrons. The van der Waals surface area contributed by atoms with Crippen LogP contribution >= 0.6 is 0 Å². The molecule has 210 valence electrons. The molecule has 1 fully saturated rings. The molecule has 3 aliphatic rings. The third-order valence-electron chi connectivity index (χ3n) is 7.86. The molecule has 0 aromatic heterocycles. The van der Waals surface area contributed by atoms with Crippen molar-refractivity contribution in [3.05, 3.63) is 40.2 Å². The van der Waals surface area contributed by atoms with Gasteiger partial charge in [-0.05, 0) is 38.6 Å². The minimum atomic E-state index is -2.99. The number of ether oxygens (including phenoxy) is 1. The molecule has 6 atom stereocenters. The molecule has 4 rings (SSSR count). The van der Waals surface area contributed by atoms with Gasteiger partial charge >= 0.3 is 5.97 Å². The molecule has 13 heteroatoms. The maximum atomic E-state index is 14.0. The van der Waals surface area contributed by atoms with E-state index in [9.17, 15) is 44.7 Å². The number of benzene rings is 1. The second kappa shape index (κ2) is 9.67. The molecule has 3 aliphatic carbocycles. The number of hydrogen-bond donors (Lipinski definition) is 7. The number of phenolic OH excluding ortho intramolecular Hbond substituents is 1. The number of ketones is 2. The van der Waals surface area contributed by atoms with Crippen molar-refractivity contribution in [3.63, 3.8) is 0 Å². The molecule has 8 N–H and O–H groups in total. The first-order valence-corrected chi connectivity index (χ1v) is 12.3. The number of esters is 1. The van der Waals surface area contributed by atoms with Gasteiger partial charge in [0.2, 0.25) is 5.78 Å². The van der Waals surface area contributed by atoms with Gasteiger partial charge in [0.25, 0.3) is 5.91 Å². The molecule has 1 aromatic rings. The molecule has 1 amide bonds. The standard InChI is InChI=1S/C26H31N3O10/c1-5-39-12(30)8-28-11-7-6-10-9(2)13-15(20(32)14(10)19(11)31)23(35)26(38)17(21(13)33)18(29(3)4)22(34)16(24(26)36)25(27)37/h6-7,9,13,17-18,21,28,31-33,36,38H,5,8H2,1-4H3,(H2,27,37)/t9-,13+,17+,18+,21-,26-/m1/s1. The number of nitrogens with zero attached hydrogens (tertiary/aromatic N) is 1.